The summed E-state index contributed by atoms with van der Waals surface area (Å²) in [5.41, 5.74) is 2.55. The fourth-order valence-corrected chi connectivity index (χ4v) is 2.09. The van der Waals surface area contributed by atoms with Crippen molar-refractivity contribution in [1.82, 2.24) is 9.97 Å². The summed E-state index contributed by atoms with van der Waals surface area (Å²) < 4.78 is 5.25. The zero-order valence-electron chi connectivity index (χ0n) is 11.5. The van der Waals surface area contributed by atoms with Gasteiger partial charge in [-0.25, -0.2) is 9.97 Å². The molecule has 0 amide bonds. The molecule has 1 aromatic heterocycles. The van der Waals surface area contributed by atoms with Crippen molar-refractivity contribution in [2.24, 2.45) is 0 Å². The minimum absolute atomic E-state index is 0.716. The second kappa shape index (κ2) is 5.51. The predicted octanol–water partition coefficient (Wildman–Crippen LogP) is 3.36. The smallest absolute Gasteiger partial charge is 0.141 e. The number of rotatable bonds is 3. The Balaban J connectivity index is 2.05. The zero-order chi connectivity index (χ0) is 14.7. The summed E-state index contributed by atoms with van der Waals surface area (Å²) in [5.74, 6) is 4.09. The van der Waals surface area contributed by atoms with Crippen molar-refractivity contribution in [1.29, 1.82) is 0 Å². The lowest BCUT2D eigenvalue weighted by molar-refractivity contribution is 0.415. The molecule has 0 unspecified atom stereocenters. The van der Waals surface area contributed by atoms with Gasteiger partial charge in [0.05, 0.1) is 12.6 Å². The second-order valence-electron chi connectivity index (χ2n) is 4.46. The van der Waals surface area contributed by atoms with Gasteiger partial charge in [0.15, 0.2) is 0 Å². The topological polar surface area (TPSA) is 47.0 Å². The Hall–Kier alpha value is -3.06. The highest BCUT2D eigenvalue weighted by atomic mass is 16.5. The minimum Gasteiger partial charge on any atom is -0.497 e. The van der Waals surface area contributed by atoms with Crippen molar-refractivity contribution in [3.05, 3.63) is 54.4 Å². The van der Waals surface area contributed by atoms with E-state index in [4.69, 9.17) is 11.2 Å². The van der Waals surface area contributed by atoms with Gasteiger partial charge in [0.25, 0.3) is 0 Å². The Bertz CT molecular complexity index is 837. The van der Waals surface area contributed by atoms with Gasteiger partial charge >= 0.3 is 0 Å². The molecule has 0 spiro atoms. The van der Waals surface area contributed by atoms with Crippen LogP contribution in [0.1, 0.15) is 5.56 Å². The predicted molar refractivity (Wildman–Crippen MR) is 83.7 cm³/mol. The SMILES string of the molecule is C#Cc1cccc(Nc2ncnc3ccc(OC)cc23)c1. The third-order valence-corrected chi connectivity index (χ3v) is 3.13. The molecule has 0 atom stereocenters. The van der Waals surface area contributed by atoms with Crippen LogP contribution in [0.15, 0.2) is 48.8 Å². The van der Waals surface area contributed by atoms with E-state index in [0.717, 1.165) is 27.9 Å². The summed E-state index contributed by atoms with van der Waals surface area (Å²) in [6.45, 7) is 0. The Labute approximate surface area is 122 Å². The number of anilines is 2. The number of hydrogen-bond donors (Lipinski definition) is 1. The lowest BCUT2D eigenvalue weighted by Crippen LogP contribution is -1.96. The molecule has 21 heavy (non-hydrogen) atoms. The molecule has 1 N–H and O–H groups in total. The zero-order valence-corrected chi connectivity index (χ0v) is 11.5. The van der Waals surface area contributed by atoms with E-state index in [1.165, 1.54) is 6.33 Å². The van der Waals surface area contributed by atoms with Gasteiger partial charge in [-0.15, -0.1) is 6.42 Å². The molecule has 1 heterocycles. The maximum absolute atomic E-state index is 5.42. The Morgan fingerprint density at radius 3 is 2.86 bits per heavy atom. The number of fused-ring (bicyclic) bond motifs is 1. The molecule has 4 nitrogen and oxygen atoms in total. The van der Waals surface area contributed by atoms with E-state index >= 15 is 0 Å². The summed E-state index contributed by atoms with van der Waals surface area (Å²) in [6.07, 6.45) is 6.95. The van der Waals surface area contributed by atoms with Crippen LogP contribution in [0, 0.1) is 12.3 Å². The Morgan fingerprint density at radius 1 is 1.14 bits per heavy atom. The largest absolute Gasteiger partial charge is 0.497 e. The fraction of sp³-hybridized carbons (Fsp3) is 0.0588. The van der Waals surface area contributed by atoms with Gasteiger partial charge in [0.2, 0.25) is 0 Å². The Kier molecular flexibility index (Phi) is 3.40. The van der Waals surface area contributed by atoms with Gasteiger partial charge in [-0.05, 0) is 36.4 Å². The molecule has 0 saturated heterocycles. The van der Waals surface area contributed by atoms with Gasteiger partial charge in [0.1, 0.15) is 17.9 Å². The van der Waals surface area contributed by atoms with Crippen molar-refractivity contribution in [2.45, 2.75) is 0 Å². The maximum Gasteiger partial charge on any atom is 0.141 e. The first-order chi connectivity index (χ1) is 10.3. The van der Waals surface area contributed by atoms with Crippen LogP contribution in [-0.4, -0.2) is 17.1 Å². The first-order valence-corrected chi connectivity index (χ1v) is 6.42. The summed E-state index contributed by atoms with van der Waals surface area (Å²) >= 11 is 0. The standard InChI is InChI=1S/C17H13N3O/c1-3-12-5-4-6-13(9-12)20-17-15-10-14(21-2)7-8-16(15)18-11-19-17/h1,4-11H,2H3,(H,18,19,20). The van der Waals surface area contributed by atoms with E-state index < -0.39 is 0 Å². The number of nitrogens with zero attached hydrogens (tertiary/aromatic N) is 2. The fourth-order valence-electron chi connectivity index (χ4n) is 2.09. The minimum atomic E-state index is 0.716. The van der Waals surface area contributed by atoms with Gasteiger partial charge < -0.3 is 10.1 Å². The van der Waals surface area contributed by atoms with Crippen LogP contribution >= 0.6 is 0 Å². The summed E-state index contributed by atoms with van der Waals surface area (Å²) in [4.78, 5) is 8.56. The van der Waals surface area contributed by atoms with Crippen molar-refractivity contribution in [3.63, 3.8) is 0 Å². The normalized spacial score (nSPS) is 10.1. The molecule has 0 aliphatic rings. The Morgan fingerprint density at radius 2 is 2.05 bits per heavy atom. The third kappa shape index (κ3) is 2.63. The number of aromatic nitrogens is 2. The molecule has 0 aliphatic carbocycles. The molecule has 0 saturated carbocycles. The van der Waals surface area contributed by atoms with Crippen LogP contribution in [0.2, 0.25) is 0 Å². The van der Waals surface area contributed by atoms with E-state index in [-0.39, 0.29) is 0 Å². The molecule has 102 valence electrons. The van der Waals surface area contributed by atoms with Crippen molar-refractivity contribution in [2.75, 3.05) is 12.4 Å². The lowest BCUT2D eigenvalue weighted by atomic mass is 10.2. The van der Waals surface area contributed by atoms with Gasteiger partial charge in [0, 0.05) is 16.6 Å². The molecule has 2 aromatic carbocycles. The third-order valence-electron chi connectivity index (χ3n) is 3.13. The van der Waals surface area contributed by atoms with Crippen LogP contribution < -0.4 is 10.1 Å². The molecule has 0 aliphatic heterocycles. The van der Waals surface area contributed by atoms with Crippen LogP contribution in [0.25, 0.3) is 10.9 Å². The quantitative estimate of drug-likeness (QED) is 0.744. The van der Waals surface area contributed by atoms with Crippen molar-refractivity contribution in [3.8, 4) is 18.1 Å². The van der Waals surface area contributed by atoms with E-state index in [2.05, 4.69) is 21.2 Å². The molecule has 0 radical (unpaired) electrons. The number of nitrogens with one attached hydrogen (secondary N) is 1. The number of methoxy groups -OCH3 is 1. The van der Waals surface area contributed by atoms with E-state index in [1.54, 1.807) is 7.11 Å². The van der Waals surface area contributed by atoms with Gasteiger partial charge in [-0.1, -0.05) is 12.0 Å². The first kappa shape index (κ1) is 12.9. The van der Waals surface area contributed by atoms with Crippen molar-refractivity contribution < 1.29 is 4.74 Å². The highest BCUT2D eigenvalue weighted by molar-refractivity contribution is 5.91. The first-order valence-electron chi connectivity index (χ1n) is 6.42. The number of ether oxygens (including phenoxy) is 1. The molecular formula is C17H13N3O. The van der Waals surface area contributed by atoms with Crippen LogP contribution in [0.4, 0.5) is 11.5 Å². The monoisotopic (exact) mass is 275 g/mol. The van der Waals surface area contributed by atoms with Gasteiger partial charge in [-0.3, -0.25) is 0 Å². The highest BCUT2D eigenvalue weighted by Gasteiger charge is 2.06. The molecule has 4 heteroatoms. The molecule has 3 rings (SSSR count). The van der Waals surface area contributed by atoms with Crippen LogP contribution in [0.5, 0.6) is 5.75 Å². The van der Waals surface area contributed by atoms with Crippen molar-refractivity contribution >= 4 is 22.4 Å². The number of terminal acetylenes is 1. The number of benzene rings is 2. The van der Waals surface area contributed by atoms with E-state index in [1.807, 2.05) is 42.5 Å². The van der Waals surface area contributed by atoms with Crippen LogP contribution in [0.3, 0.4) is 0 Å². The average Bonchev–Trinajstić information content (AvgIpc) is 2.55. The van der Waals surface area contributed by atoms with E-state index in [9.17, 15) is 0 Å². The molecular weight excluding hydrogens is 262 g/mol. The maximum atomic E-state index is 5.42. The number of hydrogen-bond acceptors (Lipinski definition) is 4. The molecule has 3 aromatic rings. The average molecular weight is 275 g/mol. The second-order valence-corrected chi connectivity index (χ2v) is 4.46. The van der Waals surface area contributed by atoms with E-state index in [0.29, 0.717) is 5.82 Å². The highest BCUT2D eigenvalue weighted by Crippen LogP contribution is 2.26. The molecule has 0 fully saturated rings. The van der Waals surface area contributed by atoms with Gasteiger partial charge in [-0.2, -0.15) is 0 Å². The summed E-state index contributed by atoms with van der Waals surface area (Å²) in [6, 6.07) is 13.3. The lowest BCUT2D eigenvalue weighted by Gasteiger charge is -2.09. The van der Waals surface area contributed by atoms with Crippen LogP contribution in [-0.2, 0) is 0 Å². The summed E-state index contributed by atoms with van der Waals surface area (Å²) in [5, 5.41) is 4.16. The summed E-state index contributed by atoms with van der Waals surface area (Å²) in [7, 11) is 1.63. The molecule has 0 bridgehead atoms.